The van der Waals surface area contributed by atoms with Gasteiger partial charge >= 0.3 is 0 Å². The molecule has 0 aliphatic carbocycles. The van der Waals surface area contributed by atoms with Crippen LogP contribution in [0.25, 0.3) is 16.2 Å². The van der Waals surface area contributed by atoms with Crippen molar-refractivity contribution < 1.29 is 4.79 Å². The van der Waals surface area contributed by atoms with Gasteiger partial charge in [-0.3, -0.25) is 10.1 Å². The molecule has 0 aliphatic heterocycles. The molecule has 26 heavy (non-hydrogen) atoms. The van der Waals surface area contributed by atoms with Gasteiger partial charge in [-0.05, 0) is 30.3 Å². The number of nitrogens with zero attached hydrogens (tertiary/aromatic N) is 3. The number of thiazole rings is 1. The lowest BCUT2D eigenvalue weighted by molar-refractivity contribution is 0.102. The Morgan fingerprint density at radius 2 is 1.77 bits per heavy atom. The largest absolute Gasteiger partial charge is 0.289 e. The maximum atomic E-state index is 12.4. The van der Waals surface area contributed by atoms with Crippen molar-refractivity contribution in [1.82, 2.24) is 14.6 Å². The Balaban J connectivity index is 1.65. The van der Waals surface area contributed by atoms with E-state index in [1.807, 2.05) is 17.5 Å². The van der Waals surface area contributed by atoms with Crippen LogP contribution in [-0.4, -0.2) is 20.5 Å². The fraction of sp³-hybridized carbons (Fsp3) is 0. The standard InChI is InChI=1S/C17H9Cl3N4OS/c18-10-3-1-9(2-4-10)14-8-26-17-22-16(23-24(14)17)21-15(25)12-7-11(19)5-6-13(12)20/h1-8H,(H,21,23,25). The SMILES string of the molecule is O=C(Nc1nc2scc(-c3ccc(Cl)cc3)n2n1)c1cc(Cl)ccc1Cl. The molecule has 0 unspecified atom stereocenters. The van der Waals surface area contributed by atoms with Crippen LogP contribution in [0, 0.1) is 0 Å². The Morgan fingerprint density at radius 3 is 2.54 bits per heavy atom. The molecule has 5 nitrogen and oxygen atoms in total. The van der Waals surface area contributed by atoms with Crippen LogP contribution in [-0.2, 0) is 0 Å². The molecule has 4 rings (SSSR count). The second-order valence-corrected chi connectivity index (χ2v) is 7.45. The van der Waals surface area contributed by atoms with E-state index >= 15 is 0 Å². The number of rotatable bonds is 3. The van der Waals surface area contributed by atoms with E-state index < -0.39 is 5.91 Å². The van der Waals surface area contributed by atoms with Gasteiger partial charge in [-0.25, -0.2) is 4.52 Å². The van der Waals surface area contributed by atoms with Crippen LogP contribution in [0.2, 0.25) is 15.1 Å². The van der Waals surface area contributed by atoms with Gasteiger partial charge in [0.15, 0.2) is 0 Å². The molecule has 1 N–H and O–H groups in total. The Labute approximate surface area is 167 Å². The van der Waals surface area contributed by atoms with Crippen LogP contribution in [0.3, 0.4) is 0 Å². The topological polar surface area (TPSA) is 59.3 Å². The first-order valence-electron chi connectivity index (χ1n) is 7.38. The minimum atomic E-state index is -0.427. The second-order valence-electron chi connectivity index (χ2n) is 5.34. The number of anilines is 1. The number of amides is 1. The molecule has 0 radical (unpaired) electrons. The third kappa shape index (κ3) is 3.29. The lowest BCUT2D eigenvalue weighted by Crippen LogP contribution is -2.13. The van der Waals surface area contributed by atoms with Crippen LogP contribution >= 0.6 is 46.1 Å². The Bertz CT molecular complexity index is 1120. The third-order valence-electron chi connectivity index (χ3n) is 3.62. The molecule has 2 heterocycles. The van der Waals surface area contributed by atoms with Gasteiger partial charge < -0.3 is 0 Å². The molecule has 0 aliphatic rings. The molecule has 1 amide bonds. The van der Waals surface area contributed by atoms with E-state index in [-0.39, 0.29) is 11.5 Å². The van der Waals surface area contributed by atoms with E-state index in [0.29, 0.717) is 20.0 Å². The van der Waals surface area contributed by atoms with Gasteiger partial charge in [0.05, 0.1) is 16.3 Å². The summed E-state index contributed by atoms with van der Waals surface area (Å²) in [6, 6.07) is 12.1. The van der Waals surface area contributed by atoms with Crippen LogP contribution in [0.5, 0.6) is 0 Å². The highest BCUT2D eigenvalue weighted by atomic mass is 35.5. The first kappa shape index (κ1) is 17.3. The van der Waals surface area contributed by atoms with Gasteiger partial charge in [0.1, 0.15) is 0 Å². The normalized spacial score (nSPS) is 11.0. The summed E-state index contributed by atoms with van der Waals surface area (Å²) in [4.78, 5) is 17.4. The molecule has 4 aromatic rings. The Hall–Kier alpha value is -2.12. The number of fused-ring (bicyclic) bond motifs is 1. The van der Waals surface area contributed by atoms with Gasteiger partial charge in [0.2, 0.25) is 4.96 Å². The molecule has 130 valence electrons. The molecule has 0 bridgehead atoms. The van der Waals surface area contributed by atoms with Crippen LogP contribution in [0.15, 0.2) is 47.8 Å². The molecule has 0 saturated carbocycles. The zero-order chi connectivity index (χ0) is 18.3. The van der Waals surface area contributed by atoms with Crippen LogP contribution < -0.4 is 5.32 Å². The van der Waals surface area contributed by atoms with Crippen molar-refractivity contribution in [3.8, 4) is 11.3 Å². The highest BCUT2D eigenvalue weighted by Gasteiger charge is 2.16. The average Bonchev–Trinajstić information content (AvgIpc) is 3.18. The average molecular weight is 424 g/mol. The summed E-state index contributed by atoms with van der Waals surface area (Å²) in [5, 5.41) is 10.3. The highest BCUT2D eigenvalue weighted by Crippen LogP contribution is 2.27. The van der Waals surface area contributed by atoms with Crippen LogP contribution in [0.4, 0.5) is 5.95 Å². The van der Waals surface area contributed by atoms with Crippen molar-refractivity contribution in [1.29, 1.82) is 0 Å². The minimum Gasteiger partial charge on any atom is -0.289 e. The molecular formula is C17H9Cl3N4OS. The van der Waals surface area contributed by atoms with Crippen molar-refractivity contribution >= 4 is 63.0 Å². The van der Waals surface area contributed by atoms with Crippen LogP contribution in [0.1, 0.15) is 10.4 Å². The fourth-order valence-electron chi connectivity index (χ4n) is 2.39. The molecule has 0 fully saturated rings. The predicted molar refractivity (Wildman–Crippen MR) is 106 cm³/mol. The molecule has 0 atom stereocenters. The minimum absolute atomic E-state index is 0.188. The van der Waals surface area contributed by atoms with Gasteiger partial charge in [0, 0.05) is 21.0 Å². The zero-order valence-electron chi connectivity index (χ0n) is 12.9. The molecule has 0 spiro atoms. The number of hydrogen-bond acceptors (Lipinski definition) is 4. The summed E-state index contributed by atoms with van der Waals surface area (Å²) in [6.45, 7) is 0. The van der Waals surface area contributed by atoms with E-state index in [9.17, 15) is 4.79 Å². The summed E-state index contributed by atoms with van der Waals surface area (Å²) >= 11 is 19.3. The second kappa shape index (κ2) is 6.89. The van der Waals surface area contributed by atoms with Crippen molar-refractivity contribution in [3.05, 3.63) is 68.5 Å². The van der Waals surface area contributed by atoms with E-state index in [2.05, 4.69) is 15.4 Å². The number of nitrogens with one attached hydrogen (secondary N) is 1. The molecule has 2 aromatic carbocycles. The van der Waals surface area contributed by atoms with E-state index in [0.717, 1.165) is 11.3 Å². The smallest absolute Gasteiger partial charge is 0.259 e. The first-order valence-corrected chi connectivity index (χ1v) is 9.39. The number of halogens is 3. The summed E-state index contributed by atoms with van der Waals surface area (Å²) in [5.41, 5.74) is 2.06. The zero-order valence-corrected chi connectivity index (χ0v) is 16.0. The highest BCUT2D eigenvalue weighted by molar-refractivity contribution is 7.15. The fourth-order valence-corrected chi connectivity index (χ4v) is 3.73. The lowest BCUT2D eigenvalue weighted by atomic mass is 10.2. The first-order chi connectivity index (χ1) is 12.5. The summed E-state index contributed by atoms with van der Waals surface area (Å²) in [6.07, 6.45) is 0. The van der Waals surface area contributed by atoms with Crippen molar-refractivity contribution in [2.24, 2.45) is 0 Å². The lowest BCUT2D eigenvalue weighted by Gasteiger charge is -2.04. The van der Waals surface area contributed by atoms with E-state index in [1.165, 1.54) is 17.4 Å². The number of carbonyl (C=O) groups excluding carboxylic acids is 1. The monoisotopic (exact) mass is 422 g/mol. The van der Waals surface area contributed by atoms with Gasteiger partial charge in [0.25, 0.3) is 11.9 Å². The Morgan fingerprint density at radius 1 is 1.04 bits per heavy atom. The number of aromatic nitrogens is 3. The van der Waals surface area contributed by atoms with Gasteiger partial charge in [-0.2, -0.15) is 4.98 Å². The molecule has 9 heteroatoms. The van der Waals surface area contributed by atoms with Crippen molar-refractivity contribution in [2.75, 3.05) is 5.32 Å². The van der Waals surface area contributed by atoms with Crippen molar-refractivity contribution in [3.63, 3.8) is 0 Å². The van der Waals surface area contributed by atoms with Gasteiger partial charge in [-0.1, -0.05) is 46.9 Å². The Kier molecular flexibility index (Phi) is 4.58. The van der Waals surface area contributed by atoms with E-state index in [4.69, 9.17) is 34.8 Å². The maximum absolute atomic E-state index is 12.4. The predicted octanol–water partition coefficient (Wildman–Crippen LogP) is 5.67. The molecular weight excluding hydrogens is 415 g/mol. The third-order valence-corrected chi connectivity index (χ3v) is 5.25. The molecule has 0 saturated heterocycles. The number of benzene rings is 2. The van der Waals surface area contributed by atoms with E-state index in [1.54, 1.807) is 28.8 Å². The summed E-state index contributed by atoms with van der Waals surface area (Å²) in [7, 11) is 0. The maximum Gasteiger partial charge on any atom is 0.259 e. The summed E-state index contributed by atoms with van der Waals surface area (Å²) in [5.74, 6) is -0.239. The molecule has 2 aromatic heterocycles. The number of carbonyl (C=O) groups is 1. The van der Waals surface area contributed by atoms with Gasteiger partial charge in [-0.15, -0.1) is 16.4 Å². The van der Waals surface area contributed by atoms with Crippen molar-refractivity contribution in [2.45, 2.75) is 0 Å². The number of hydrogen-bond donors (Lipinski definition) is 1. The summed E-state index contributed by atoms with van der Waals surface area (Å²) < 4.78 is 1.67. The quantitative estimate of drug-likeness (QED) is 0.462.